The highest BCUT2D eigenvalue weighted by Crippen LogP contribution is 2.39. The first-order valence-corrected chi connectivity index (χ1v) is 12.8. The van der Waals surface area contributed by atoms with Crippen LogP contribution in [0.25, 0.3) is 66.4 Å². The van der Waals surface area contributed by atoms with E-state index in [1.165, 1.54) is 32.6 Å². The van der Waals surface area contributed by atoms with Crippen LogP contribution in [-0.2, 0) is 0 Å². The van der Waals surface area contributed by atoms with Crippen molar-refractivity contribution in [2.45, 2.75) is 0 Å². The summed E-state index contributed by atoms with van der Waals surface area (Å²) in [6, 6.07) is 42.6. The van der Waals surface area contributed by atoms with Crippen LogP contribution >= 0.6 is 0 Å². The lowest BCUT2D eigenvalue weighted by atomic mass is 10.1. The molecule has 0 aliphatic carbocycles. The number of rotatable bonds is 3. The minimum atomic E-state index is 0.669. The van der Waals surface area contributed by atoms with Crippen LogP contribution in [0.1, 0.15) is 0 Å². The predicted molar refractivity (Wildman–Crippen MR) is 156 cm³/mol. The Morgan fingerprint density at radius 1 is 0.395 bits per heavy atom. The van der Waals surface area contributed by atoms with Crippen molar-refractivity contribution in [1.29, 1.82) is 0 Å². The molecule has 0 N–H and O–H groups in total. The Balaban J connectivity index is 1.44. The van der Waals surface area contributed by atoms with Gasteiger partial charge in [-0.3, -0.25) is 4.57 Å². The summed E-state index contributed by atoms with van der Waals surface area (Å²) in [5.74, 6) is 0.669. The van der Waals surface area contributed by atoms with Crippen LogP contribution in [0, 0.1) is 0 Å². The summed E-state index contributed by atoms with van der Waals surface area (Å²) in [7, 11) is 0. The van der Waals surface area contributed by atoms with Gasteiger partial charge in [0.2, 0.25) is 5.95 Å². The van der Waals surface area contributed by atoms with Gasteiger partial charge in [0.1, 0.15) is 0 Å². The van der Waals surface area contributed by atoms with Gasteiger partial charge in [-0.2, -0.15) is 0 Å². The van der Waals surface area contributed by atoms with Gasteiger partial charge in [0.15, 0.2) is 0 Å². The van der Waals surface area contributed by atoms with E-state index in [-0.39, 0.29) is 0 Å². The average molecular weight is 487 g/mol. The molecule has 0 atom stereocenters. The Labute approximate surface area is 219 Å². The van der Waals surface area contributed by atoms with E-state index in [1.807, 2.05) is 30.6 Å². The maximum atomic E-state index is 4.84. The Hall–Kier alpha value is -5.22. The summed E-state index contributed by atoms with van der Waals surface area (Å²) in [5.41, 5.74) is 7.84. The van der Waals surface area contributed by atoms with Crippen molar-refractivity contribution >= 4 is 43.6 Å². The van der Waals surface area contributed by atoms with Crippen molar-refractivity contribution in [2.24, 2.45) is 0 Å². The largest absolute Gasteiger partial charge is 0.309 e. The minimum absolute atomic E-state index is 0.669. The van der Waals surface area contributed by atoms with E-state index in [4.69, 9.17) is 9.97 Å². The fourth-order valence-corrected chi connectivity index (χ4v) is 5.72. The van der Waals surface area contributed by atoms with Gasteiger partial charge in [-0.05, 0) is 42.0 Å². The van der Waals surface area contributed by atoms with Gasteiger partial charge < -0.3 is 4.57 Å². The predicted octanol–water partition coefficient (Wildman–Crippen LogP) is 8.34. The molecule has 38 heavy (non-hydrogen) atoms. The summed E-state index contributed by atoms with van der Waals surface area (Å²) < 4.78 is 4.55. The number of hydrogen-bond donors (Lipinski definition) is 0. The lowest BCUT2D eigenvalue weighted by Gasteiger charge is -2.08. The molecule has 5 aromatic carbocycles. The molecule has 0 aliphatic rings. The Kier molecular flexibility index (Phi) is 4.49. The second-order valence-electron chi connectivity index (χ2n) is 9.56. The van der Waals surface area contributed by atoms with Crippen molar-refractivity contribution in [2.75, 3.05) is 0 Å². The number of fused-ring (bicyclic) bond motifs is 6. The van der Waals surface area contributed by atoms with Gasteiger partial charge in [-0.15, -0.1) is 0 Å². The molecule has 3 heterocycles. The zero-order valence-corrected chi connectivity index (χ0v) is 20.5. The van der Waals surface area contributed by atoms with Gasteiger partial charge in [0.05, 0.1) is 22.1 Å². The third-order valence-electron chi connectivity index (χ3n) is 7.43. The van der Waals surface area contributed by atoms with Gasteiger partial charge in [-0.1, -0.05) is 84.9 Å². The van der Waals surface area contributed by atoms with E-state index in [9.17, 15) is 0 Å². The number of hydrogen-bond acceptors (Lipinski definition) is 2. The Bertz CT molecular complexity index is 2100. The summed E-state index contributed by atoms with van der Waals surface area (Å²) in [6.07, 6.45) is 3.83. The van der Waals surface area contributed by atoms with Crippen LogP contribution in [-0.4, -0.2) is 19.1 Å². The highest BCUT2D eigenvalue weighted by atomic mass is 15.1. The molecule has 0 radical (unpaired) electrons. The number of para-hydroxylation sites is 3. The Morgan fingerprint density at radius 3 is 1.53 bits per heavy atom. The lowest BCUT2D eigenvalue weighted by molar-refractivity contribution is 0.990. The van der Waals surface area contributed by atoms with Crippen molar-refractivity contribution in [3.63, 3.8) is 0 Å². The molecular formula is C34H22N4. The quantitative estimate of drug-likeness (QED) is 0.252. The molecule has 0 saturated heterocycles. The molecule has 0 spiro atoms. The molecule has 0 fully saturated rings. The van der Waals surface area contributed by atoms with E-state index >= 15 is 0 Å². The second-order valence-corrected chi connectivity index (χ2v) is 9.56. The third-order valence-corrected chi connectivity index (χ3v) is 7.43. The van der Waals surface area contributed by atoms with E-state index < -0.39 is 0 Å². The Morgan fingerprint density at radius 2 is 0.895 bits per heavy atom. The number of aromatic nitrogens is 4. The summed E-state index contributed by atoms with van der Waals surface area (Å²) in [5, 5.41) is 4.81. The highest BCUT2D eigenvalue weighted by Gasteiger charge is 2.19. The normalized spacial score (nSPS) is 11.7. The molecule has 0 aliphatic heterocycles. The van der Waals surface area contributed by atoms with E-state index in [0.717, 1.165) is 27.8 Å². The summed E-state index contributed by atoms with van der Waals surface area (Å²) in [6.45, 7) is 0. The van der Waals surface area contributed by atoms with Crippen molar-refractivity contribution in [3.8, 4) is 22.8 Å². The standard InChI is InChI=1S/C34H22N4/c1-3-11-23(12-4-1)24-21-35-34(36-22-24)38-31-18-10-8-16-27(31)29-19-32-28(20-33(29)38)26-15-7-9-17-30(26)37(32)25-13-5-2-6-14-25/h1-22H. The monoisotopic (exact) mass is 486 g/mol. The topological polar surface area (TPSA) is 35.6 Å². The zero-order chi connectivity index (χ0) is 25.1. The van der Waals surface area contributed by atoms with Crippen LogP contribution in [0.2, 0.25) is 0 Å². The van der Waals surface area contributed by atoms with Crippen LogP contribution in [0.3, 0.4) is 0 Å². The average Bonchev–Trinajstić information content (AvgIpc) is 3.49. The molecule has 0 amide bonds. The molecular weight excluding hydrogens is 464 g/mol. The zero-order valence-electron chi connectivity index (χ0n) is 20.5. The molecule has 8 rings (SSSR count). The van der Waals surface area contributed by atoms with Gasteiger partial charge in [0, 0.05) is 45.2 Å². The molecule has 0 saturated carbocycles. The van der Waals surface area contributed by atoms with Gasteiger partial charge >= 0.3 is 0 Å². The third kappa shape index (κ3) is 3.04. The highest BCUT2D eigenvalue weighted by molar-refractivity contribution is 6.18. The molecule has 0 bridgehead atoms. The van der Waals surface area contributed by atoms with Crippen LogP contribution in [0.5, 0.6) is 0 Å². The van der Waals surface area contributed by atoms with Crippen molar-refractivity contribution in [3.05, 3.63) is 134 Å². The van der Waals surface area contributed by atoms with Crippen LogP contribution in [0.15, 0.2) is 134 Å². The van der Waals surface area contributed by atoms with Crippen molar-refractivity contribution < 1.29 is 0 Å². The minimum Gasteiger partial charge on any atom is -0.309 e. The second kappa shape index (κ2) is 8.15. The van der Waals surface area contributed by atoms with Crippen molar-refractivity contribution in [1.82, 2.24) is 19.1 Å². The molecule has 178 valence electrons. The summed E-state index contributed by atoms with van der Waals surface area (Å²) >= 11 is 0. The fourth-order valence-electron chi connectivity index (χ4n) is 5.72. The smallest absolute Gasteiger partial charge is 0.234 e. The fraction of sp³-hybridized carbons (Fsp3) is 0. The first kappa shape index (κ1) is 20.9. The van der Waals surface area contributed by atoms with Gasteiger partial charge in [-0.25, -0.2) is 9.97 Å². The number of benzene rings is 5. The summed E-state index contributed by atoms with van der Waals surface area (Å²) in [4.78, 5) is 9.68. The molecule has 0 unspecified atom stereocenters. The van der Waals surface area contributed by atoms with E-state index in [1.54, 1.807) is 0 Å². The lowest BCUT2D eigenvalue weighted by Crippen LogP contribution is -2.00. The van der Waals surface area contributed by atoms with Crippen LogP contribution < -0.4 is 0 Å². The van der Waals surface area contributed by atoms with E-state index in [2.05, 4.69) is 112 Å². The maximum Gasteiger partial charge on any atom is 0.234 e. The molecule has 3 aromatic heterocycles. The SMILES string of the molecule is c1ccc(-c2cnc(-n3c4ccccc4c4cc5c(cc43)c3ccccc3n5-c3ccccc3)nc2)cc1. The molecule has 4 nitrogen and oxygen atoms in total. The van der Waals surface area contributed by atoms with Crippen LogP contribution in [0.4, 0.5) is 0 Å². The molecule has 4 heteroatoms. The maximum absolute atomic E-state index is 4.84. The van der Waals surface area contributed by atoms with Gasteiger partial charge in [0.25, 0.3) is 0 Å². The molecule has 8 aromatic rings. The number of nitrogens with zero attached hydrogens (tertiary/aromatic N) is 4. The first-order chi connectivity index (χ1) is 18.9. The van der Waals surface area contributed by atoms with E-state index in [0.29, 0.717) is 5.95 Å². The first-order valence-electron chi connectivity index (χ1n) is 12.8.